The van der Waals surface area contributed by atoms with Gasteiger partial charge in [-0.05, 0) is 73.3 Å². The number of aromatic amines is 1. The number of hydrogen-bond donors (Lipinski definition) is 2. The van der Waals surface area contributed by atoms with Crippen molar-refractivity contribution in [3.63, 3.8) is 0 Å². The third-order valence-corrected chi connectivity index (χ3v) is 7.32. The van der Waals surface area contributed by atoms with Gasteiger partial charge in [-0.15, -0.1) is 0 Å². The van der Waals surface area contributed by atoms with Crippen LogP contribution in [0.3, 0.4) is 0 Å². The lowest BCUT2D eigenvalue weighted by molar-refractivity contribution is -0.132. The number of carbonyl (C=O) groups excluding carboxylic acids is 1. The number of allylic oxidation sites excluding steroid dienone is 5. The molecule has 1 aliphatic heterocycles. The summed E-state index contributed by atoms with van der Waals surface area (Å²) in [6.07, 6.45) is 10.9. The van der Waals surface area contributed by atoms with Crippen LogP contribution >= 0.6 is 0 Å². The number of fused-ring (bicyclic) bond motifs is 1. The van der Waals surface area contributed by atoms with Crippen LogP contribution in [0.15, 0.2) is 48.6 Å². The minimum Gasteiger partial charge on any atom is -0.354 e. The van der Waals surface area contributed by atoms with Crippen LogP contribution in [0.25, 0.3) is 16.5 Å². The van der Waals surface area contributed by atoms with Gasteiger partial charge in [0.05, 0.1) is 0 Å². The molecule has 1 atom stereocenters. The smallest absolute Gasteiger partial charge is 0.223 e. The monoisotopic (exact) mass is 447 g/mol. The molecular weight excluding hydrogens is 406 g/mol. The van der Waals surface area contributed by atoms with Gasteiger partial charge >= 0.3 is 0 Å². The molecule has 1 fully saturated rings. The zero-order chi connectivity index (χ0) is 24.0. The standard InChI is InChI=1S/C29H41N3O/c1-6-9-24(18-21(5)20(4)7-2)29-25(8-3)26-19-23(10-11-27(26)31-29)22-13-16-32(17-14-22)28(33)12-15-30/h6,9-11,18-20,22,31H,1,7-8,12-17,30H2,2-5H3/b21-18-,24-9+. The van der Waals surface area contributed by atoms with E-state index in [9.17, 15) is 4.79 Å². The molecule has 4 heteroatoms. The fraction of sp³-hybridized carbons (Fsp3) is 0.483. The highest BCUT2D eigenvalue weighted by Crippen LogP contribution is 2.35. The first-order valence-electron chi connectivity index (χ1n) is 12.6. The molecule has 33 heavy (non-hydrogen) atoms. The van der Waals surface area contributed by atoms with E-state index in [0.29, 0.717) is 24.8 Å². The highest BCUT2D eigenvalue weighted by molar-refractivity contribution is 5.92. The van der Waals surface area contributed by atoms with Gasteiger partial charge in [-0.2, -0.15) is 0 Å². The molecule has 1 aromatic heterocycles. The van der Waals surface area contributed by atoms with Crippen molar-refractivity contribution >= 4 is 22.4 Å². The van der Waals surface area contributed by atoms with Crippen molar-refractivity contribution in [1.82, 2.24) is 9.88 Å². The largest absolute Gasteiger partial charge is 0.354 e. The minimum absolute atomic E-state index is 0.192. The third-order valence-electron chi connectivity index (χ3n) is 7.32. The summed E-state index contributed by atoms with van der Waals surface area (Å²) in [4.78, 5) is 17.9. The van der Waals surface area contributed by atoms with Gasteiger partial charge in [0, 0.05) is 42.7 Å². The molecule has 3 N–H and O–H groups in total. The molecule has 0 radical (unpaired) electrons. The summed E-state index contributed by atoms with van der Waals surface area (Å²) >= 11 is 0. The summed E-state index contributed by atoms with van der Waals surface area (Å²) in [5.41, 5.74) is 13.3. The lowest BCUT2D eigenvalue weighted by Crippen LogP contribution is -2.38. The number of likely N-dealkylation sites (tertiary alicyclic amines) is 1. The van der Waals surface area contributed by atoms with E-state index in [-0.39, 0.29) is 5.91 Å². The SMILES string of the molecule is C=C/C=C(\C=C(\C)C(C)CC)c1[nH]c2ccc(C3CCN(C(=O)CCN)CC3)cc2c1CC. The van der Waals surface area contributed by atoms with Gasteiger partial charge in [0.15, 0.2) is 0 Å². The lowest BCUT2D eigenvalue weighted by Gasteiger charge is -2.32. The zero-order valence-corrected chi connectivity index (χ0v) is 20.9. The van der Waals surface area contributed by atoms with Crippen molar-refractivity contribution in [2.75, 3.05) is 19.6 Å². The molecule has 2 aromatic rings. The van der Waals surface area contributed by atoms with E-state index in [1.165, 1.54) is 38.9 Å². The van der Waals surface area contributed by atoms with Gasteiger partial charge in [-0.25, -0.2) is 0 Å². The van der Waals surface area contributed by atoms with Crippen molar-refractivity contribution < 1.29 is 4.79 Å². The maximum Gasteiger partial charge on any atom is 0.223 e. The molecule has 2 heterocycles. The molecule has 178 valence electrons. The number of aryl methyl sites for hydroxylation is 1. The van der Waals surface area contributed by atoms with Crippen LogP contribution in [0, 0.1) is 5.92 Å². The first-order valence-corrected chi connectivity index (χ1v) is 12.6. The average molecular weight is 448 g/mol. The summed E-state index contributed by atoms with van der Waals surface area (Å²) in [7, 11) is 0. The third kappa shape index (κ3) is 5.67. The predicted octanol–water partition coefficient (Wildman–Crippen LogP) is 6.35. The van der Waals surface area contributed by atoms with Crippen LogP contribution in [0.5, 0.6) is 0 Å². The molecule has 0 spiro atoms. The van der Waals surface area contributed by atoms with Gasteiger partial charge in [0.2, 0.25) is 5.91 Å². The summed E-state index contributed by atoms with van der Waals surface area (Å²) < 4.78 is 0. The Bertz CT molecular complexity index is 1030. The second-order valence-corrected chi connectivity index (χ2v) is 9.39. The summed E-state index contributed by atoms with van der Waals surface area (Å²) in [6.45, 7) is 15.0. The second-order valence-electron chi connectivity index (χ2n) is 9.39. The van der Waals surface area contributed by atoms with E-state index >= 15 is 0 Å². The van der Waals surface area contributed by atoms with Gasteiger partial charge in [-0.1, -0.05) is 57.2 Å². The number of piperidine rings is 1. The molecule has 1 amide bonds. The maximum absolute atomic E-state index is 12.2. The Kier molecular flexibility index (Phi) is 8.74. The topological polar surface area (TPSA) is 62.1 Å². The molecule has 0 bridgehead atoms. The zero-order valence-electron chi connectivity index (χ0n) is 20.9. The van der Waals surface area contributed by atoms with E-state index in [0.717, 1.165) is 38.8 Å². The number of hydrogen-bond acceptors (Lipinski definition) is 2. The van der Waals surface area contributed by atoms with Crippen LogP contribution in [0.4, 0.5) is 0 Å². The van der Waals surface area contributed by atoms with Crippen LogP contribution in [-0.4, -0.2) is 35.4 Å². The molecule has 1 unspecified atom stereocenters. The summed E-state index contributed by atoms with van der Waals surface area (Å²) in [5, 5.41) is 1.32. The van der Waals surface area contributed by atoms with Crippen molar-refractivity contribution in [3.8, 4) is 0 Å². The van der Waals surface area contributed by atoms with Crippen molar-refractivity contribution in [2.45, 2.75) is 65.7 Å². The number of nitrogens with one attached hydrogen (secondary N) is 1. The van der Waals surface area contributed by atoms with Crippen molar-refractivity contribution in [1.29, 1.82) is 0 Å². The molecular formula is C29H41N3O. The Balaban J connectivity index is 1.91. The molecule has 4 nitrogen and oxygen atoms in total. The van der Waals surface area contributed by atoms with E-state index < -0.39 is 0 Å². The summed E-state index contributed by atoms with van der Waals surface area (Å²) in [6, 6.07) is 6.88. The quantitative estimate of drug-likeness (QED) is 0.440. The van der Waals surface area contributed by atoms with Crippen LogP contribution in [0.2, 0.25) is 0 Å². The molecule has 1 aliphatic rings. The van der Waals surface area contributed by atoms with Crippen LogP contribution in [0.1, 0.15) is 76.1 Å². The Morgan fingerprint density at radius 2 is 2.03 bits per heavy atom. The molecule has 3 rings (SSSR count). The van der Waals surface area contributed by atoms with Crippen molar-refractivity contribution in [2.24, 2.45) is 11.7 Å². The summed E-state index contributed by atoms with van der Waals surface area (Å²) in [5.74, 6) is 1.24. The normalized spacial score (nSPS) is 16.9. The Morgan fingerprint density at radius 3 is 2.64 bits per heavy atom. The Labute approximate surface area is 199 Å². The van der Waals surface area contributed by atoms with Gasteiger partial charge in [-0.3, -0.25) is 4.79 Å². The maximum atomic E-state index is 12.2. The number of amides is 1. The number of carbonyl (C=O) groups is 1. The number of benzene rings is 1. The molecule has 1 saturated heterocycles. The first-order chi connectivity index (χ1) is 15.9. The predicted molar refractivity (Wildman–Crippen MR) is 141 cm³/mol. The highest BCUT2D eigenvalue weighted by Gasteiger charge is 2.24. The fourth-order valence-electron chi connectivity index (χ4n) is 4.92. The first kappa shape index (κ1) is 25.0. The number of rotatable bonds is 9. The van der Waals surface area contributed by atoms with Crippen LogP contribution < -0.4 is 5.73 Å². The number of nitrogens with zero attached hydrogens (tertiary/aromatic N) is 1. The van der Waals surface area contributed by atoms with Gasteiger partial charge < -0.3 is 15.6 Å². The Hall–Kier alpha value is -2.59. The number of nitrogens with two attached hydrogens (primary N) is 1. The highest BCUT2D eigenvalue weighted by atomic mass is 16.2. The van der Waals surface area contributed by atoms with E-state index in [4.69, 9.17) is 5.73 Å². The number of aromatic nitrogens is 1. The second kappa shape index (κ2) is 11.5. The fourth-order valence-corrected chi connectivity index (χ4v) is 4.92. The minimum atomic E-state index is 0.192. The lowest BCUT2D eigenvalue weighted by atomic mass is 9.88. The Morgan fingerprint density at radius 1 is 1.30 bits per heavy atom. The van der Waals surface area contributed by atoms with E-state index in [1.807, 2.05) is 11.0 Å². The average Bonchev–Trinajstić information content (AvgIpc) is 3.21. The molecule has 1 aromatic carbocycles. The van der Waals surface area contributed by atoms with Gasteiger partial charge in [0.1, 0.15) is 0 Å². The molecule has 0 aliphatic carbocycles. The number of H-pyrrole nitrogens is 1. The van der Waals surface area contributed by atoms with Crippen LogP contribution in [-0.2, 0) is 11.2 Å². The van der Waals surface area contributed by atoms with Crippen molar-refractivity contribution in [3.05, 3.63) is 65.4 Å². The van der Waals surface area contributed by atoms with Gasteiger partial charge in [0.25, 0.3) is 0 Å². The van der Waals surface area contributed by atoms with E-state index in [1.54, 1.807) is 0 Å². The van der Waals surface area contributed by atoms with E-state index in [2.05, 4.69) is 69.6 Å². The molecule has 0 saturated carbocycles.